The van der Waals surface area contributed by atoms with Gasteiger partial charge in [0.25, 0.3) is 5.91 Å². The number of amides is 1. The maximum atomic E-state index is 12.4. The van der Waals surface area contributed by atoms with Gasteiger partial charge in [-0.25, -0.2) is 0 Å². The Morgan fingerprint density at radius 3 is 2.53 bits per heavy atom. The van der Waals surface area contributed by atoms with Crippen LogP contribution >= 0.6 is 22.6 Å². The van der Waals surface area contributed by atoms with E-state index in [1.807, 2.05) is 29.2 Å². The highest BCUT2D eigenvalue weighted by Crippen LogP contribution is 2.27. The summed E-state index contributed by atoms with van der Waals surface area (Å²) in [6, 6.07) is 7.76. The summed E-state index contributed by atoms with van der Waals surface area (Å²) in [4.78, 5) is 14.4. The van der Waals surface area contributed by atoms with Gasteiger partial charge in [0.05, 0.1) is 17.8 Å². The first-order chi connectivity index (χ1) is 8.24. The Morgan fingerprint density at radius 1 is 1.24 bits per heavy atom. The SMILES string of the molecule is O=C(c1ccccc1I)N1CC2CCC(C1)O2. The van der Waals surface area contributed by atoms with Crippen molar-refractivity contribution in [1.29, 1.82) is 0 Å². The molecule has 0 aliphatic carbocycles. The smallest absolute Gasteiger partial charge is 0.255 e. The van der Waals surface area contributed by atoms with Gasteiger partial charge in [-0.15, -0.1) is 0 Å². The van der Waals surface area contributed by atoms with Crippen LogP contribution in [0.1, 0.15) is 23.2 Å². The van der Waals surface area contributed by atoms with Crippen molar-refractivity contribution in [2.45, 2.75) is 25.0 Å². The monoisotopic (exact) mass is 343 g/mol. The van der Waals surface area contributed by atoms with Crippen molar-refractivity contribution in [2.75, 3.05) is 13.1 Å². The zero-order valence-electron chi connectivity index (χ0n) is 9.43. The number of morpholine rings is 1. The third-order valence-corrected chi connectivity index (χ3v) is 4.38. The summed E-state index contributed by atoms with van der Waals surface area (Å²) in [5.74, 6) is 0.148. The van der Waals surface area contributed by atoms with Gasteiger partial charge < -0.3 is 9.64 Å². The van der Waals surface area contributed by atoms with Gasteiger partial charge in [0.2, 0.25) is 0 Å². The summed E-state index contributed by atoms with van der Waals surface area (Å²) in [6.45, 7) is 1.50. The molecule has 1 aromatic rings. The standard InChI is InChI=1S/C13H14INO2/c14-12-4-2-1-3-11(12)13(16)15-7-9-5-6-10(8-15)17-9/h1-4,9-10H,5-8H2. The Morgan fingerprint density at radius 2 is 1.88 bits per heavy atom. The molecule has 2 aliphatic rings. The Balaban J connectivity index is 1.81. The number of benzene rings is 1. The molecule has 17 heavy (non-hydrogen) atoms. The van der Waals surface area contributed by atoms with Crippen LogP contribution in [0.4, 0.5) is 0 Å². The minimum Gasteiger partial charge on any atom is -0.371 e. The molecule has 1 amide bonds. The van der Waals surface area contributed by atoms with Crippen molar-refractivity contribution >= 4 is 28.5 Å². The molecule has 2 atom stereocenters. The lowest BCUT2D eigenvalue weighted by atomic mass is 10.2. The third kappa shape index (κ3) is 2.20. The van der Waals surface area contributed by atoms with Crippen molar-refractivity contribution in [1.82, 2.24) is 4.90 Å². The molecule has 3 nitrogen and oxygen atoms in total. The summed E-state index contributed by atoms with van der Waals surface area (Å²) in [5, 5.41) is 0. The molecule has 1 aromatic carbocycles. The highest BCUT2D eigenvalue weighted by Gasteiger charge is 2.36. The molecule has 2 aliphatic heterocycles. The molecule has 4 heteroatoms. The minimum absolute atomic E-state index is 0.148. The molecule has 2 fully saturated rings. The fourth-order valence-corrected chi connectivity index (χ4v) is 3.20. The van der Waals surface area contributed by atoms with Crippen LogP contribution in [0.2, 0.25) is 0 Å². The van der Waals surface area contributed by atoms with Crippen molar-refractivity contribution in [3.8, 4) is 0 Å². The highest BCUT2D eigenvalue weighted by molar-refractivity contribution is 14.1. The summed E-state index contributed by atoms with van der Waals surface area (Å²) in [5.41, 5.74) is 0.814. The zero-order chi connectivity index (χ0) is 11.8. The van der Waals surface area contributed by atoms with Crippen LogP contribution in [0.25, 0.3) is 0 Å². The van der Waals surface area contributed by atoms with Gasteiger partial charge in [-0.2, -0.15) is 0 Å². The zero-order valence-corrected chi connectivity index (χ0v) is 11.6. The van der Waals surface area contributed by atoms with E-state index in [2.05, 4.69) is 22.6 Å². The van der Waals surface area contributed by atoms with Crippen molar-refractivity contribution in [3.05, 3.63) is 33.4 Å². The van der Waals surface area contributed by atoms with E-state index in [1.165, 1.54) is 0 Å². The lowest BCUT2D eigenvalue weighted by Crippen LogP contribution is -2.46. The summed E-state index contributed by atoms with van der Waals surface area (Å²) in [7, 11) is 0. The fraction of sp³-hybridized carbons (Fsp3) is 0.462. The molecule has 2 saturated heterocycles. The topological polar surface area (TPSA) is 29.5 Å². The molecule has 0 spiro atoms. The predicted octanol–water partition coefficient (Wildman–Crippen LogP) is 2.29. The summed E-state index contributed by atoms with van der Waals surface area (Å²) in [6.07, 6.45) is 2.72. The number of nitrogens with zero attached hydrogens (tertiary/aromatic N) is 1. The maximum Gasteiger partial charge on any atom is 0.255 e. The van der Waals surface area contributed by atoms with Crippen molar-refractivity contribution < 1.29 is 9.53 Å². The van der Waals surface area contributed by atoms with Crippen LogP contribution in [0, 0.1) is 3.57 Å². The average Bonchev–Trinajstić information content (AvgIpc) is 2.68. The molecule has 2 unspecified atom stereocenters. The molecule has 0 saturated carbocycles. The second-order valence-corrected chi connectivity index (χ2v) is 5.81. The Labute approximate surface area is 114 Å². The quantitative estimate of drug-likeness (QED) is 0.733. The maximum absolute atomic E-state index is 12.4. The molecule has 2 heterocycles. The number of ether oxygens (including phenoxy) is 1. The lowest BCUT2D eigenvalue weighted by Gasteiger charge is -2.32. The van der Waals surface area contributed by atoms with E-state index in [4.69, 9.17) is 4.74 Å². The van der Waals surface area contributed by atoms with Gasteiger partial charge in [-0.1, -0.05) is 12.1 Å². The number of likely N-dealkylation sites (tertiary alicyclic amines) is 1. The van der Waals surface area contributed by atoms with Crippen LogP contribution in [-0.4, -0.2) is 36.1 Å². The Kier molecular flexibility index (Phi) is 3.08. The lowest BCUT2D eigenvalue weighted by molar-refractivity contribution is -0.0303. The number of halogens is 1. The second kappa shape index (κ2) is 4.57. The van der Waals surface area contributed by atoms with Gasteiger partial charge >= 0.3 is 0 Å². The molecular weight excluding hydrogens is 329 g/mol. The van der Waals surface area contributed by atoms with E-state index in [9.17, 15) is 4.79 Å². The number of carbonyl (C=O) groups excluding carboxylic acids is 1. The third-order valence-electron chi connectivity index (χ3n) is 3.44. The van der Waals surface area contributed by atoms with E-state index in [0.717, 1.165) is 35.1 Å². The summed E-state index contributed by atoms with van der Waals surface area (Å²) >= 11 is 2.22. The second-order valence-electron chi connectivity index (χ2n) is 4.65. The summed E-state index contributed by atoms with van der Waals surface area (Å²) < 4.78 is 6.77. The minimum atomic E-state index is 0.148. The molecule has 0 radical (unpaired) electrons. The van der Waals surface area contributed by atoms with Crippen LogP contribution in [-0.2, 0) is 4.74 Å². The van der Waals surface area contributed by atoms with Gasteiger partial charge in [-0.3, -0.25) is 4.79 Å². The highest BCUT2D eigenvalue weighted by atomic mass is 127. The first-order valence-electron chi connectivity index (χ1n) is 5.93. The fourth-order valence-electron chi connectivity index (χ4n) is 2.59. The van der Waals surface area contributed by atoms with Crippen LogP contribution < -0.4 is 0 Å². The number of hydrogen-bond acceptors (Lipinski definition) is 2. The number of carbonyl (C=O) groups is 1. The van der Waals surface area contributed by atoms with E-state index < -0.39 is 0 Å². The predicted molar refractivity (Wildman–Crippen MR) is 73.0 cm³/mol. The van der Waals surface area contributed by atoms with Gasteiger partial charge in [0, 0.05) is 16.7 Å². The Bertz CT molecular complexity index is 437. The van der Waals surface area contributed by atoms with E-state index in [0.29, 0.717) is 0 Å². The molecule has 2 bridgehead atoms. The van der Waals surface area contributed by atoms with Crippen LogP contribution in [0.3, 0.4) is 0 Å². The molecule has 0 aromatic heterocycles. The van der Waals surface area contributed by atoms with Gasteiger partial charge in [0.15, 0.2) is 0 Å². The van der Waals surface area contributed by atoms with E-state index in [1.54, 1.807) is 0 Å². The molecule has 0 N–H and O–H groups in total. The Hall–Kier alpha value is -0.620. The van der Waals surface area contributed by atoms with Crippen LogP contribution in [0.5, 0.6) is 0 Å². The van der Waals surface area contributed by atoms with Crippen LogP contribution in [0.15, 0.2) is 24.3 Å². The first kappa shape index (κ1) is 11.5. The molecule has 3 rings (SSSR count). The normalized spacial score (nSPS) is 27.2. The van der Waals surface area contributed by atoms with Crippen molar-refractivity contribution in [2.24, 2.45) is 0 Å². The van der Waals surface area contributed by atoms with E-state index >= 15 is 0 Å². The number of rotatable bonds is 1. The number of fused-ring (bicyclic) bond motifs is 2. The van der Waals surface area contributed by atoms with Gasteiger partial charge in [0.1, 0.15) is 0 Å². The molecule has 90 valence electrons. The van der Waals surface area contributed by atoms with Crippen molar-refractivity contribution in [3.63, 3.8) is 0 Å². The molecular formula is C13H14INO2. The largest absolute Gasteiger partial charge is 0.371 e. The number of hydrogen-bond donors (Lipinski definition) is 0. The first-order valence-corrected chi connectivity index (χ1v) is 7.01. The van der Waals surface area contributed by atoms with Gasteiger partial charge in [-0.05, 0) is 47.6 Å². The van der Waals surface area contributed by atoms with E-state index in [-0.39, 0.29) is 18.1 Å². The average molecular weight is 343 g/mol.